The minimum atomic E-state index is -0.329. The first kappa shape index (κ1) is 9.62. The summed E-state index contributed by atoms with van der Waals surface area (Å²) >= 11 is 0. The van der Waals surface area contributed by atoms with Gasteiger partial charge in [-0.3, -0.25) is 9.59 Å². The van der Waals surface area contributed by atoms with Gasteiger partial charge in [-0.05, 0) is 13.8 Å². The molecular formula is C8H11NO2. The zero-order valence-electron chi connectivity index (χ0n) is 6.68. The van der Waals surface area contributed by atoms with Gasteiger partial charge in [0.25, 0.3) is 5.91 Å². The molecule has 1 N–H and O–H groups in total. The molecule has 0 aliphatic carbocycles. The van der Waals surface area contributed by atoms with Crippen LogP contribution in [0, 0.1) is 0 Å². The Kier molecular flexibility index (Phi) is 3.88. The lowest BCUT2D eigenvalue weighted by Crippen LogP contribution is -2.23. The highest BCUT2D eigenvalue weighted by atomic mass is 16.2. The first-order valence-corrected chi connectivity index (χ1v) is 3.20. The molecule has 0 aliphatic rings. The average molecular weight is 153 g/mol. The molecule has 0 aromatic rings. The fourth-order valence-corrected chi connectivity index (χ4v) is 0.407. The highest BCUT2D eigenvalue weighted by Crippen LogP contribution is 1.89. The number of allylic oxidation sites excluding steroid dienone is 2. The van der Waals surface area contributed by atoms with Gasteiger partial charge in [0, 0.05) is 5.57 Å². The number of amides is 1. The van der Waals surface area contributed by atoms with Gasteiger partial charge in [-0.15, -0.1) is 0 Å². The zero-order chi connectivity index (χ0) is 8.85. The Morgan fingerprint density at radius 3 is 2.36 bits per heavy atom. The first-order chi connectivity index (χ1) is 5.11. The molecule has 0 spiro atoms. The molecular weight excluding hydrogens is 142 g/mol. The maximum Gasteiger partial charge on any atom is 0.250 e. The Bertz CT molecular complexity index is 216. The summed E-state index contributed by atoms with van der Waals surface area (Å²) in [6.45, 7) is 6.67. The summed E-state index contributed by atoms with van der Waals surface area (Å²) in [7, 11) is 0. The second kappa shape index (κ2) is 4.44. The first-order valence-electron chi connectivity index (χ1n) is 3.20. The molecule has 0 heterocycles. The summed E-state index contributed by atoms with van der Waals surface area (Å²) in [5.41, 5.74) is 0.643. The molecule has 11 heavy (non-hydrogen) atoms. The SMILES string of the molecule is C=C(C)C(=O)NC(C=O)=CC. The second-order valence-electron chi connectivity index (χ2n) is 2.10. The molecule has 0 bridgehead atoms. The van der Waals surface area contributed by atoms with E-state index in [9.17, 15) is 9.59 Å². The van der Waals surface area contributed by atoms with Crippen molar-refractivity contribution in [3.63, 3.8) is 0 Å². The van der Waals surface area contributed by atoms with Crippen molar-refractivity contribution in [3.8, 4) is 0 Å². The molecule has 3 nitrogen and oxygen atoms in total. The van der Waals surface area contributed by atoms with Crippen LogP contribution < -0.4 is 5.32 Å². The van der Waals surface area contributed by atoms with Gasteiger partial charge in [0.1, 0.15) is 0 Å². The summed E-state index contributed by atoms with van der Waals surface area (Å²) in [6, 6.07) is 0. The van der Waals surface area contributed by atoms with Gasteiger partial charge in [-0.1, -0.05) is 12.7 Å². The Hall–Kier alpha value is -1.38. The Labute approximate surface area is 65.8 Å². The molecule has 0 aliphatic heterocycles. The van der Waals surface area contributed by atoms with E-state index in [1.807, 2.05) is 0 Å². The quantitative estimate of drug-likeness (QED) is 0.481. The standard InChI is InChI=1S/C8H11NO2/c1-4-7(5-10)9-8(11)6(2)3/h4-5H,2H2,1,3H3,(H,9,11). The van der Waals surface area contributed by atoms with Gasteiger partial charge >= 0.3 is 0 Å². The van der Waals surface area contributed by atoms with Gasteiger partial charge in [0.05, 0.1) is 5.70 Å². The molecule has 3 heteroatoms. The van der Waals surface area contributed by atoms with E-state index in [1.54, 1.807) is 13.8 Å². The fourth-order valence-electron chi connectivity index (χ4n) is 0.407. The van der Waals surface area contributed by atoms with Gasteiger partial charge in [0.2, 0.25) is 0 Å². The third-order valence-electron chi connectivity index (χ3n) is 1.08. The highest BCUT2D eigenvalue weighted by Gasteiger charge is 2.01. The Morgan fingerprint density at radius 1 is 1.55 bits per heavy atom. The largest absolute Gasteiger partial charge is 0.320 e. The summed E-state index contributed by atoms with van der Waals surface area (Å²) in [6.07, 6.45) is 2.11. The molecule has 0 saturated heterocycles. The van der Waals surface area contributed by atoms with Crippen molar-refractivity contribution in [1.29, 1.82) is 0 Å². The summed E-state index contributed by atoms with van der Waals surface area (Å²) in [4.78, 5) is 21.0. The highest BCUT2D eigenvalue weighted by molar-refractivity contribution is 5.96. The number of carbonyl (C=O) groups is 2. The molecule has 0 fully saturated rings. The zero-order valence-corrected chi connectivity index (χ0v) is 6.68. The van der Waals surface area contributed by atoms with Crippen LogP contribution in [0.1, 0.15) is 13.8 Å². The molecule has 1 amide bonds. The number of rotatable bonds is 3. The van der Waals surface area contributed by atoms with Crippen molar-refractivity contribution in [1.82, 2.24) is 5.32 Å². The third-order valence-corrected chi connectivity index (χ3v) is 1.08. The maximum atomic E-state index is 10.9. The summed E-state index contributed by atoms with van der Waals surface area (Å²) in [5, 5.41) is 2.37. The van der Waals surface area contributed by atoms with Crippen LogP contribution in [0.25, 0.3) is 0 Å². The van der Waals surface area contributed by atoms with Crippen LogP contribution in [-0.2, 0) is 9.59 Å². The normalized spacial score (nSPS) is 10.5. The van der Waals surface area contributed by atoms with Crippen molar-refractivity contribution in [2.24, 2.45) is 0 Å². The fraction of sp³-hybridized carbons (Fsp3) is 0.250. The predicted molar refractivity (Wildman–Crippen MR) is 42.8 cm³/mol. The Morgan fingerprint density at radius 2 is 2.09 bits per heavy atom. The minimum absolute atomic E-state index is 0.262. The van der Waals surface area contributed by atoms with E-state index < -0.39 is 0 Å². The third kappa shape index (κ3) is 3.35. The number of aldehydes is 1. The van der Waals surface area contributed by atoms with Gasteiger partial charge < -0.3 is 5.32 Å². The van der Waals surface area contributed by atoms with Crippen LogP contribution in [-0.4, -0.2) is 12.2 Å². The average Bonchev–Trinajstić information content (AvgIpc) is 1.99. The van der Waals surface area contributed by atoms with E-state index in [0.717, 1.165) is 0 Å². The van der Waals surface area contributed by atoms with Crippen molar-refractivity contribution in [2.45, 2.75) is 13.8 Å². The Balaban J connectivity index is 4.14. The number of hydrogen-bond donors (Lipinski definition) is 1. The van der Waals surface area contributed by atoms with E-state index in [-0.39, 0.29) is 11.6 Å². The monoisotopic (exact) mass is 153 g/mol. The van der Waals surface area contributed by atoms with Gasteiger partial charge in [-0.2, -0.15) is 0 Å². The lowest BCUT2D eigenvalue weighted by Gasteiger charge is -2.01. The van der Waals surface area contributed by atoms with Crippen LogP contribution in [0.3, 0.4) is 0 Å². The lowest BCUT2D eigenvalue weighted by molar-refractivity contribution is -0.117. The number of carbonyl (C=O) groups excluding carboxylic acids is 2. The molecule has 0 saturated carbocycles. The minimum Gasteiger partial charge on any atom is -0.320 e. The van der Waals surface area contributed by atoms with Crippen LogP contribution in [0.4, 0.5) is 0 Å². The smallest absolute Gasteiger partial charge is 0.250 e. The van der Waals surface area contributed by atoms with Crippen LogP contribution >= 0.6 is 0 Å². The second-order valence-corrected chi connectivity index (χ2v) is 2.10. The lowest BCUT2D eigenvalue weighted by atomic mass is 10.3. The van der Waals surface area contributed by atoms with Crippen molar-refractivity contribution >= 4 is 12.2 Å². The van der Waals surface area contributed by atoms with Crippen LogP contribution in [0.2, 0.25) is 0 Å². The molecule has 0 atom stereocenters. The van der Waals surface area contributed by atoms with Crippen molar-refractivity contribution in [3.05, 3.63) is 23.9 Å². The maximum absolute atomic E-state index is 10.9. The van der Waals surface area contributed by atoms with Gasteiger partial charge in [-0.25, -0.2) is 0 Å². The molecule has 0 unspecified atom stereocenters. The number of nitrogens with one attached hydrogen (secondary N) is 1. The van der Waals surface area contributed by atoms with Crippen LogP contribution in [0.5, 0.6) is 0 Å². The van der Waals surface area contributed by atoms with Crippen molar-refractivity contribution in [2.75, 3.05) is 0 Å². The van der Waals surface area contributed by atoms with E-state index in [0.29, 0.717) is 11.9 Å². The molecule has 60 valence electrons. The molecule has 0 rings (SSSR count). The van der Waals surface area contributed by atoms with Crippen molar-refractivity contribution < 1.29 is 9.59 Å². The predicted octanol–water partition coefficient (Wildman–Crippen LogP) is 0.781. The van der Waals surface area contributed by atoms with Gasteiger partial charge in [0.15, 0.2) is 6.29 Å². The summed E-state index contributed by atoms with van der Waals surface area (Å²) in [5.74, 6) is -0.329. The van der Waals surface area contributed by atoms with E-state index >= 15 is 0 Å². The van der Waals surface area contributed by atoms with E-state index in [4.69, 9.17) is 0 Å². The molecule has 0 radical (unpaired) electrons. The van der Waals surface area contributed by atoms with E-state index in [1.165, 1.54) is 6.08 Å². The van der Waals surface area contributed by atoms with E-state index in [2.05, 4.69) is 11.9 Å². The number of hydrogen-bond acceptors (Lipinski definition) is 2. The molecule has 0 aromatic carbocycles. The topological polar surface area (TPSA) is 46.2 Å². The van der Waals surface area contributed by atoms with Crippen LogP contribution in [0.15, 0.2) is 23.9 Å². The molecule has 0 aromatic heterocycles. The summed E-state index contributed by atoms with van der Waals surface area (Å²) < 4.78 is 0.